The van der Waals surface area contributed by atoms with Crippen molar-refractivity contribution in [1.29, 1.82) is 0 Å². The van der Waals surface area contributed by atoms with Crippen molar-refractivity contribution < 1.29 is 19.1 Å². The van der Waals surface area contributed by atoms with E-state index >= 15 is 0 Å². The van der Waals surface area contributed by atoms with Gasteiger partial charge < -0.3 is 9.47 Å². The summed E-state index contributed by atoms with van der Waals surface area (Å²) >= 11 is 0. The van der Waals surface area contributed by atoms with Crippen LogP contribution in [0.3, 0.4) is 0 Å². The lowest BCUT2D eigenvalue weighted by molar-refractivity contribution is -0.208. The number of hydrogen-bond donors (Lipinski definition) is 0. The maximum absolute atomic E-state index is 12.3. The molecule has 0 saturated carbocycles. The molecule has 19 heavy (non-hydrogen) atoms. The number of esters is 2. The van der Waals surface area contributed by atoms with E-state index in [1.54, 1.807) is 6.92 Å². The van der Waals surface area contributed by atoms with Gasteiger partial charge in [0, 0.05) is 5.41 Å². The molecule has 0 aromatic heterocycles. The Labute approximate surface area is 112 Å². The third kappa shape index (κ3) is 1.82. The van der Waals surface area contributed by atoms with Crippen LogP contribution in [0.1, 0.15) is 32.8 Å². The maximum atomic E-state index is 12.3. The lowest BCUT2D eigenvalue weighted by atomic mass is 9.60. The Morgan fingerprint density at radius 2 is 1.63 bits per heavy atom. The Bertz CT molecular complexity index is 474. The van der Waals surface area contributed by atoms with E-state index in [1.807, 2.05) is 44.2 Å². The molecule has 2 rings (SSSR count). The Hall–Kier alpha value is -1.84. The highest BCUT2D eigenvalue weighted by Gasteiger charge is 2.60. The first-order valence-corrected chi connectivity index (χ1v) is 6.37. The van der Waals surface area contributed by atoms with Crippen LogP contribution in [-0.2, 0) is 24.5 Å². The zero-order valence-corrected chi connectivity index (χ0v) is 11.4. The molecule has 0 spiro atoms. The van der Waals surface area contributed by atoms with Crippen LogP contribution in [0.25, 0.3) is 0 Å². The van der Waals surface area contributed by atoms with Crippen molar-refractivity contribution in [2.45, 2.75) is 32.6 Å². The Kier molecular flexibility index (Phi) is 3.35. The highest BCUT2D eigenvalue weighted by atomic mass is 16.7. The van der Waals surface area contributed by atoms with E-state index in [9.17, 15) is 9.59 Å². The number of ether oxygens (including phenoxy) is 2. The normalized spacial score (nSPS) is 18.7. The summed E-state index contributed by atoms with van der Waals surface area (Å²) in [5, 5.41) is 0. The first-order chi connectivity index (χ1) is 8.96. The van der Waals surface area contributed by atoms with Gasteiger partial charge in [-0.3, -0.25) is 9.59 Å². The molecule has 1 aromatic rings. The van der Waals surface area contributed by atoms with E-state index < -0.39 is 22.8 Å². The number of hydrogen-bond acceptors (Lipinski definition) is 4. The third-order valence-corrected chi connectivity index (χ3v) is 4.17. The van der Waals surface area contributed by atoms with Crippen molar-refractivity contribution >= 4 is 11.9 Å². The first kappa shape index (κ1) is 13.6. The summed E-state index contributed by atoms with van der Waals surface area (Å²) in [6.07, 6.45) is 0.340. The number of rotatable bonds is 3. The van der Waals surface area contributed by atoms with Gasteiger partial charge in [0.1, 0.15) is 0 Å². The Balaban J connectivity index is 2.56. The van der Waals surface area contributed by atoms with E-state index in [2.05, 4.69) is 0 Å². The fraction of sp³-hybridized carbons (Fsp3) is 0.467. The fourth-order valence-electron chi connectivity index (χ4n) is 2.81. The predicted molar refractivity (Wildman–Crippen MR) is 69.2 cm³/mol. The first-order valence-electron chi connectivity index (χ1n) is 6.37. The smallest absolute Gasteiger partial charge is 0.327 e. The average molecular weight is 262 g/mol. The second kappa shape index (κ2) is 4.68. The molecule has 0 radical (unpaired) electrons. The highest BCUT2D eigenvalue weighted by Crippen LogP contribution is 2.47. The van der Waals surface area contributed by atoms with Crippen LogP contribution in [0, 0.1) is 5.41 Å². The van der Waals surface area contributed by atoms with Gasteiger partial charge in [0.15, 0.2) is 5.41 Å². The summed E-state index contributed by atoms with van der Waals surface area (Å²) < 4.78 is 9.96. The largest absolute Gasteiger partial charge is 0.427 e. The molecular weight excluding hydrogens is 244 g/mol. The van der Waals surface area contributed by atoms with Crippen molar-refractivity contribution in [2.24, 2.45) is 5.41 Å². The van der Waals surface area contributed by atoms with Gasteiger partial charge >= 0.3 is 11.9 Å². The summed E-state index contributed by atoms with van der Waals surface area (Å²) in [5.74, 6) is -1.000. The Morgan fingerprint density at radius 3 is 2.11 bits per heavy atom. The molecule has 4 nitrogen and oxygen atoms in total. The number of benzene rings is 1. The van der Waals surface area contributed by atoms with Crippen molar-refractivity contribution in [2.75, 3.05) is 6.79 Å². The molecule has 0 N–H and O–H groups in total. The highest BCUT2D eigenvalue weighted by molar-refractivity contribution is 6.03. The number of cyclic esters (lactones) is 2. The molecule has 0 atom stereocenters. The summed E-state index contributed by atoms with van der Waals surface area (Å²) in [5.41, 5.74) is -1.07. The molecule has 4 heteroatoms. The monoisotopic (exact) mass is 262 g/mol. The molecule has 102 valence electrons. The van der Waals surface area contributed by atoms with Gasteiger partial charge in [-0.25, -0.2) is 0 Å². The summed E-state index contributed by atoms with van der Waals surface area (Å²) in [4.78, 5) is 24.5. The van der Waals surface area contributed by atoms with Crippen molar-refractivity contribution in [3.05, 3.63) is 35.9 Å². The van der Waals surface area contributed by atoms with Crippen LogP contribution in [0.5, 0.6) is 0 Å². The third-order valence-electron chi connectivity index (χ3n) is 4.17. The minimum Gasteiger partial charge on any atom is -0.427 e. The van der Waals surface area contributed by atoms with Crippen LogP contribution < -0.4 is 0 Å². The molecule has 1 heterocycles. The van der Waals surface area contributed by atoms with Gasteiger partial charge in [-0.2, -0.15) is 0 Å². The fourth-order valence-corrected chi connectivity index (χ4v) is 2.81. The molecule has 0 amide bonds. The molecule has 0 bridgehead atoms. The van der Waals surface area contributed by atoms with Gasteiger partial charge in [-0.05, 0) is 12.0 Å². The van der Waals surface area contributed by atoms with Crippen LogP contribution in [0.2, 0.25) is 0 Å². The average Bonchev–Trinajstić information content (AvgIpc) is 2.40. The lowest BCUT2D eigenvalue weighted by Gasteiger charge is -2.44. The van der Waals surface area contributed by atoms with E-state index in [0.717, 1.165) is 5.56 Å². The molecule has 1 aliphatic rings. The van der Waals surface area contributed by atoms with Gasteiger partial charge in [0.2, 0.25) is 6.79 Å². The van der Waals surface area contributed by atoms with E-state index in [-0.39, 0.29) is 6.79 Å². The Morgan fingerprint density at radius 1 is 1.11 bits per heavy atom. The van der Waals surface area contributed by atoms with Crippen molar-refractivity contribution in [3.8, 4) is 0 Å². The predicted octanol–water partition coefficient (Wildman–Crippen LogP) is 2.42. The minimum absolute atomic E-state index is 0.287. The van der Waals surface area contributed by atoms with E-state index in [1.165, 1.54) is 0 Å². The van der Waals surface area contributed by atoms with Crippen molar-refractivity contribution in [1.82, 2.24) is 0 Å². The summed E-state index contributed by atoms with van der Waals surface area (Å²) in [7, 11) is 0. The molecule has 0 aliphatic carbocycles. The summed E-state index contributed by atoms with van der Waals surface area (Å²) in [6.45, 7) is 5.27. The molecule has 0 unspecified atom stereocenters. The summed E-state index contributed by atoms with van der Waals surface area (Å²) in [6, 6.07) is 9.49. The number of carbonyl (C=O) groups is 2. The van der Waals surface area contributed by atoms with E-state index in [0.29, 0.717) is 6.42 Å². The van der Waals surface area contributed by atoms with Crippen molar-refractivity contribution in [3.63, 3.8) is 0 Å². The van der Waals surface area contributed by atoms with Gasteiger partial charge in [0.05, 0.1) is 0 Å². The SMILES string of the molecule is CCC1(C(C)(C)c2ccccc2)C(=O)OCOC1=O. The molecular formula is C15H18O4. The van der Waals surface area contributed by atoms with Crippen LogP contribution in [-0.4, -0.2) is 18.7 Å². The van der Waals surface area contributed by atoms with Gasteiger partial charge in [-0.15, -0.1) is 0 Å². The quantitative estimate of drug-likeness (QED) is 0.620. The second-order valence-electron chi connectivity index (χ2n) is 5.23. The topological polar surface area (TPSA) is 52.6 Å². The zero-order chi connectivity index (χ0) is 14.1. The number of carbonyl (C=O) groups excluding carboxylic acids is 2. The standard InChI is InChI=1S/C15H18O4/c1-4-15(12(16)18-10-19-13(15)17)14(2,3)11-8-6-5-7-9-11/h5-9H,4,10H2,1-3H3. The van der Waals surface area contributed by atoms with Crippen LogP contribution in [0.15, 0.2) is 30.3 Å². The van der Waals surface area contributed by atoms with Gasteiger partial charge in [-0.1, -0.05) is 51.1 Å². The van der Waals surface area contributed by atoms with E-state index in [4.69, 9.17) is 9.47 Å². The molecule has 1 fully saturated rings. The molecule has 1 aromatic carbocycles. The molecule has 1 saturated heterocycles. The zero-order valence-electron chi connectivity index (χ0n) is 11.4. The lowest BCUT2D eigenvalue weighted by Crippen LogP contribution is -2.57. The molecule has 1 aliphatic heterocycles. The minimum atomic E-state index is -1.29. The maximum Gasteiger partial charge on any atom is 0.327 e. The van der Waals surface area contributed by atoms with Gasteiger partial charge in [0.25, 0.3) is 0 Å². The van der Waals surface area contributed by atoms with Crippen LogP contribution >= 0.6 is 0 Å². The van der Waals surface area contributed by atoms with Crippen LogP contribution in [0.4, 0.5) is 0 Å². The second-order valence-corrected chi connectivity index (χ2v) is 5.23.